The number of nitriles is 1. The number of benzene rings is 3. The van der Waals surface area contributed by atoms with Crippen molar-refractivity contribution in [3.8, 4) is 11.8 Å². The van der Waals surface area contributed by atoms with Crippen LogP contribution < -0.4 is 10.2 Å². The van der Waals surface area contributed by atoms with E-state index in [2.05, 4.69) is 26.5 Å². The van der Waals surface area contributed by atoms with Crippen LogP contribution in [0.2, 0.25) is 5.02 Å². The predicted molar refractivity (Wildman–Crippen MR) is 123 cm³/mol. The van der Waals surface area contributed by atoms with Gasteiger partial charge in [-0.2, -0.15) is 10.4 Å². The molecule has 0 spiro atoms. The van der Waals surface area contributed by atoms with Gasteiger partial charge in [0.05, 0.1) is 37.8 Å². The Morgan fingerprint density at radius 2 is 2.00 bits per heavy atom. The van der Waals surface area contributed by atoms with E-state index in [1.54, 1.807) is 30.3 Å². The molecule has 0 saturated heterocycles. The summed E-state index contributed by atoms with van der Waals surface area (Å²) in [5, 5.41) is 23.5. The summed E-state index contributed by atoms with van der Waals surface area (Å²) in [7, 11) is 0. The third kappa shape index (κ3) is 6.12. The molecule has 0 heterocycles. The minimum absolute atomic E-state index is 0.0179. The summed E-state index contributed by atoms with van der Waals surface area (Å²) in [6.07, 6.45) is 1.32. The van der Waals surface area contributed by atoms with Gasteiger partial charge in [0.15, 0.2) is 5.75 Å². The van der Waals surface area contributed by atoms with Gasteiger partial charge in [0, 0.05) is 12.1 Å². The molecule has 8 nitrogen and oxygen atoms in total. The van der Waals surface area contributed by atoms with Gasteiger partial charge >= 0.3 is 0 Å². The number of carbonyl (C=O) groups excluding carboxylic acids is 1. The van der Waals surface area contributed by atoms with Crippen molar-refractivity contribution < 1.29 is 18.8 Å². The number of ether oxygens (including phenoxy) is 1. The fourth-order valence-electron chi connectivity index (χ4n) is 2.66. The molecule has 1 N–H and O–H groups in total. The summed E-state index contributed by atoms with van der Waals surface area (Å²) in [6.45, 7) is 0.135. The lowest BCUT2D eigenvalue weighted by atomic mass is 10.1. The van der Waals surface area contributed by atoms with Crippen LogP contribution in [0.25, 0.3) is 0 Å². The molecule has 0 aliphatic carbocycles. The minimum atomic E-state index is -0.831. The molecular formula is C22H13BrClFN4O4. The number of amides is 1. The summed E-state index contributed by atoms with van der Waals surface area (Å²) >= 11 is 9.64. The third-order valence-corrected chi connectivity index (χ3v) is 5.14. The number of nitro groups is 1. The van der Waals surface area contributed by atoms with E-state index < -0.39 is 16.6 Å². The number of hydrogen-bond acceptors (Lipinski definition) is 6. The maximum atomic E-state index is 13.9. The predicted octanol–water partition coefficient (Wildman–Crippen LogP) is 5.36. The monoisotopic (exact) mass is 530 g/mol. The second-order valence-electron chi connectivity index (χ2n) is 6.53. The van der Waals surface area contributed by atoms with Gasteiger partial charge in [0.2, 0.25) is 0 Å². The first kappa shape index (κ1) is 23.8. The van der Waals surface area contributed by atoms with Crippen molar-refractivity contribution in [2.24, 2.45) is 5.10 Å². The molecular weight excluding hydrogens is 519 g/mol. The van der Waals surface area contributed by atoms with E-state index in [1.807, 2.05) is 0 Å². The van der Waals surface area contributed by atoms with E-state index in [0.29, 0.717) is 21.3 Å². The maximum absolute atomic E-state index is 13.9. The van der Waals surface area contributed by atoms with Crippen molar-refractivity contribution in [3.05, 3.63) is 102 Å². The Morgan fingerprint density at radius 3 is 2.61 bits per heavy atom. The summed E-state index contributed by atoms with van der Waals surface area (Å²) in [4.78, 5) is 22.3. The van der Waals surface area contributed by atoms with Gasteiger partial charge in [0.1, 0.15) is 12.4 Å². The molecule has 0 aromatic heterocycles. The van der Waals surface area contributed by atoms with Crippen molar-refractivity contribution in [2.75, 3.05) is 0 Å². The topological polar surface area (TPSA) is 118 Å². The number of hydrogen-bond donors (Lipinski definition) is 1. The van der Waals surface area contributed by atoms with Crippen LogP contribution >= 0.6 is 27.5 Å². The van der Waals surface area contributed by atoms with Crippen LogP contribution in [0.1, 0.15) is 27.0 Å². The highest BCUT2D eigenvalue weighted by molar-refractivity contribution is 9.10. The van der Waals surface area contributed by atoms with E-state index >= 15 is 0 Å². The molecule has 0 radical (unpaired) electrons. The Morgan fingerprint density at radius 1 is 1.27 bits per heavy atom. The Hall–Kier alpha value is -3.81. The highest BCUT2D eigenvalue weighted by Gasteiger charge is 2.13. The second-order valence-corrected chi connectivity index (χ2v) is 7.79. The lowest BCUT2D eigenvalue weighted by molar-refractivity contribution is -0.384. The van der Waals surface area contributed by atoms with Gasteiger partial charge in [-0.25, -0.2) is 9.82 Å². The summed E-state index contributed by atoms with van der Waals surface area (Å²) in [6, 6.07) is 14.4. The van der Waals surface area contributed by atoms with Crippen molar-refractivity contribution in [1.29, 1.82) is 5.26 Å². The van der Waals surface area contributed by atoms with Crippen LogP contribution in [-0.4, -0.2) is 17.0 Å². The number of nitrogens with one attached hydrogen (secondary N) is 1. The van der Waals surface area contributed by atoms with E-state index in [9.17, 15) is 19.3 Å². The van der Waals surface area contributed by atoms with E-state index in [4.69, 9.17) is 21.6 Å². The Balaban J connectivity index is 1.64. The molecule has 0 saturated carbocycles. The summed E-state index contributed by atoms with van der Waals surface area (Å²) in [5.41, 5.74) is 3.28. The molecule has 3 aromatic carbocycles. The van der Waals surface area contributed by atoms with Crippen molar-refractivity contribution >= 4 is 45.3 Å². The van der Waals surface area contributed by atoms with Crippen LogP contribution in [0, 0.1) is 27.3 Å². The summed E-state index contributed by atoms with van der Waals surface area (Å²) in [5.74, 6) is -1.25. The van der Waals surface area contributed by atoms with Gasteiger partial charge in [-0.3, -0.25) is 14.9 Å². The number of non-ortho nitro benzene ring substituents is 1. The molecule has 0 bridgehead atoms. The fraction of sp³-hybridized carbons (Fsp3) is 0.0455. The molecule has 166 valence electrons. The van der Waals surface area contributed by atoms with Crippen molar-refractivity contribution in [2.45, 2.75) is 6.61 Å². The van der Waals surface area contributed by atoms with E-state index in [1.165, 1.54) is 30.5 Å². The molecule has 0 aliphatic heterocycles. The van der Waals surface area contributed by atoms with Gasteiger partial charge in [0.25, 0.3) is 11.6 Å². The average molecular weight is 532 g/mol. The van der Waals surface area contributed by atoms with Crippen LogP contribution in [0.4, 0.5) is 10.1 Å². The first-order valence-electron chi connectivity index (χ1n) is 9.16. The van der Waals surface area contributed by atoms with Gasteiger partial charge in [-0.15, -0.1) is 0 Å². The van der Waals surface area contributed by atoms with Crippen LogP contribution in [0.5, 0.6) is 5.75 Å². The average Bonchev–Trinajstić information content (AvgIpc) is 2.78. The van der Waals surface area contributed by atoms with Crippen LogP contribution in [0.15, 0.2) is 64.2 Å². The zero-order valence-electron chi connectivity index (χ0n) is 16.6. The zero-order chi connectivity index (χ0) is 24.0. The van der Waals surface area contributed by atoms with Gasteiger partial charge < -0.3 is 4.74 Å². The number of carbonyl (C=O) groups is 1. The summed E-state index contributed by atoms with van der Waals surface area (Å²) < 4.78 is 20.1. The number of rotatable bonds is 7. The first-order chi connectivity index (χ1) is 15.8. The third-order valence-electron chi connectivity index (χ3n) is 4.27. The Labute approximate surface area is 200 Å². The van der Waals surface area contributed by atoms with E-state index in [0.717, 1.165) is 6.07 Å². The minimum Gasteiger partial charge on any atom is -0.486 e. The Bertz CT molecular complexity index is 1270. The number of nitrogens with zero attached hydrogens (tertiary/aromatic N) is 3. The molecule has 0 unspecified atom stereocenters. The highest BCUT2D eigenvalue weighted by Crippen LogP contribution is 2.34. The van der Waals surface area contributed by atoms with Gasteiger partial charge in [-0.05, 0) is 69.5 Å². The quantitative estimate of drug-likeness (QED) is 0.250. The normalized spacial score (nSPS) is 10.6. The van der Waals surface area contributed by atoms with Gasteiger partial charge in [-0.1, -0.05) is 11.6 Å². The second kappa shape index (κ2) is 10.7. The first-order valence-corrected chi connectivity index (χ1v) is 10.3. The number of hydrazone groups is 1. The molecule has 0 atom stereocenters. The SMILES string of the molecule is N#Cc1ccc(C(=O)N/N=C\c2cc(Cl)c(OCc3ccc([N+](=O)[O-])cc3)c(Br)c2)c(F)c1. The number of halogens is 3. The van der Waals surface area contributed by atoms with E-state index in [-0.39, 0.29) is 28.4 Å². The van der Waals surface area contributed by atoms with Crippen molar-refractivity contribution in [3.63, 3.8) is 0 Å². The fourth-order valence-corrected chi connectivity index (χ4v) is 3.64. The smallest absolute Gasteiger partial charge is 0.274 e. The molecule has 0 aliphatic rings. The molecule has 33 heavy (non-hydrogen) atoms. The van der Waals surface area contributed by atoms with Crippen molar-refractivity contribution in [1.82, 2.24) is 5.43 Å². The highest BCUT2D eigenvalue weighted by atomic mass is 79.9. The maximum Gasteiger partial charge on any atom is 0.274 e. The molecule has 3 aromatic rings. The molecule has 0 fully saturated rings. The zero-order valence-corrected chi connectivity index (χ0v) is 18.9. The lowest BCUT2D eigenvalue weighted by Gasteiger charge is -2.11. The lowest BCUT2D eigenvalue weighted by Crippen LogP contribution is -2.19. The molecule has 3 rings (SSSR count). The number of nitro benzene ring substituents is 1. The van der Waals surface area contributed by atoms with Crippen LogP contribution in [-0.2, 0) is 6.61 Å². The van der Waals surface area contributed by atoms with Crippen LogP contribution in [0.3, 0.4) is 0 Å². The Kier molecular flexibility index (Phi) is 7.71. The molecule has 11 heteroatoms. The largest absolute Gasteiger partial charge is 0.486 e. The molecule has 1 amide bonds. The standard InChI is InChI=1S/C22H13BrClFN4O4/c23-18-7-15(11-27-28-22(30)17-6-3-14(10-26)9-20(17)25)8-19(24)21(18)33-12-13-1-4-16(5-2-13)29(31)32/h1-9,11H,12H2,(H,28,30)/b27-11-.